The van der Waals surface area contributed by atoms with Gasteiger partial charge < -0.3 is 13.6 Å². The standard InChI is InChI=1S/C57H35N5O/c1-4-16-36(17-5-1)37-28-30-39(31-29-37)56-58-55(38-18-6-2-7-19-38)59-57(60-56)45-33-35-49(54-51(45)44-24-12-15-27-50(44)63-54)62-47-26-14-11-23-43(47)52-48(62)34-32-42-41-22-10-13-25-46(41)61(53(42)52)40-20-8-3-9-21-40/h1-35H. The number of para-hydroxylation sites is 4. The van der Waals surface area contributed by atoms with Crippen molar-refractivity contribution in [2.24, 2.45) is 0 Å². The number of nitrogens with zero attached hydrogens (tertiary/aromatic N) is 5. The molecule has 0 amide bonds. The van der Waals surface area contributed by atoms with Crippen LogP contribution in [0.2, 0.25) is 0 Å². The first-order valence-corrected chi connectivity index (χ1v) is 21.2. The van der Waals surface area contributed by atoms with Crippen molar-refractivity contribution in [3.8, 4) is 56.7 Å². The van der Waals surface area contributed by atoms with E-state index in [0.29, 0.717) is 17.5 Å². The molecule has 0 unspecified atom stereocenters. The number of hydrogen-bond donors (Lipinski definition) is 0. The number of benzene rings is 9. The fourth-order valence-corrected chi connectivity index (χ4v) is 9.57. The maximum Gasteiger partial charge on any atom is 0.164 e. The Morgan fingerprint density at radius 1 is 0.333 bits per heavy atom. The van der Waals surface area contributed by atoms with Crippen molar-refractivity contribution in [3.05, 3.63) is 212 Å². The third-order valence-electron chi connectivity index (χ3n) is 12.4. The van der Waals surface area contributed by atoms with Gasteiger partial charge in [0, 0.05) is 54.7 Å². The molecule has 0 aliphatic heterocycles. The lowest BCUT2D eigenvalue weighted by atomic mass is 10.0. The fourth-order valence-electron chi connectivity index (χ4n) is 9.57. The Kier molecular flexibility index (Phi) is 7.80. The van der Waals surface area contributed by atoms with Crippen molar-refractivity contribution in [3.63, 3.8) is 0 Å². The van der Waals surface area contributed by atoms with Crippen LogP contribution in [0.15, 0.2) is 217 Å². The van der Waals surface area contributed by atoms with Crippen LogP contribution in [0.25, 0.3) is 122 Å². The Morgan fingerprint density at radius 3 is 1.60 bits per heavy atom. The highest BCUT2D eigenvalue weighted by molar-refractivity contribution is 6.26. The van der Waals surface area contributed by atoms with Gasteiger partial charge in [-0.15, -0.1) is 0 Å². The number of fused-ring (bicyclic) bond motifs is 10. The highest BCUT2D eigenvalue weighted by atomic mass is 16.3. The van der Waals surface area contributed by atoms with E-state index >= 15 is 0 Å². The van der Waals surface area contributed by atoms with E-state index in [1.807, 2.05) is 48.5 Å². The Labute approximate surface area is 361 Å². The second kappa shape index (κ2) is 14.0. The lowest BCUT2D eigenvalue weighted by Crippen LogP contribution is -2.01. The summed E-state index contributed by atoms with van der Waals surface area (Å²) in [6, 6.07) is 74.2. The van der Waals surface area contributed by atoms with E-state index in [-0.39, 0.29) is 0 Å². The van der Waals surface area contributed by atoms with Gasteiger partial charge in [-0.3, -0.25) is 0 Å². The molecule has 0 bridgehead atoms. The van der Waals surface area contributed by atoms with Gasteiger partial charge in [0.1, 0.15) is 5.58 Å². The molecular weight excluding hydrogens is 771 g/mol. The van der Waals surface area contributed by atoms with E-state index in [1.54, 1.807) is 0 Å². The summed E-state index contributed by atoms with van der Waals surface area (Å²) in [5.74, 6) is 1.78. The molecule has 0 spiro atoms. The first kappa shape index (κ1) is 35.2. The molecule has 4 aromatic heterocycles. The van der Waals surface area contributed by atoms with Crippen molar-refractivity contribution in [2.45, 2.75) is 0 Å². The van der Waals surface area contributed by atoms with Crippen molar-refractivity contribution >= 4 is 65.6 Å². The molecule has 0 atom stereocenters. The van der Waals surface area contributed by atoms with Gasteiger partial charge >= 0.3 is 0 Å². The van der Waals surface area contributed by atoms with Crippen molar-refractivity contribution < 1.29 is 4.42 Å². The van der Waals surface area contributed by atoms with E-state index in [4.69, 9.17) is 19.4 Å². The third kappa shape index (κ3) is 5.48. The van der Waals surface area contributed by atoms with Crippen LogP contribution in [0.5, 0.6) is 0 Å². The van der Waals surface area contributed by atoms with Gasteiger partial charge in [-0.05, 0) is 59.7 Å². The number of aromatic nitrogens is 5. The van der Waals surface area contributed by atoms with Crippen LogP contribution >= 0.6 is 0 Å². The van der Waals surface area contributed by atoms with Crippen LogP contribution in [0.4, 0.5) is 0 Å². The molecule has 63 heavy (non-hydrogen) atoms. The first-order valence-electron chi connectivity index (χ1n) is 21.2. The summed E-state index contributed by atoms with van der Waals surface area (Å²) in [6.07, 6.45) is 0. The van der Waals surface area contributed by atoms with E-state index in [2.05, 4.69) is 173 Å². The molecule has 4 heterocycles. The smallest absolute Gasteiger partial charge is 0.164 e. The summed E-state index contributed by atoms with van der Waals surface area (Å²) in [5, 5.41) is 6.72. The lowest BCUT2D eigenvalue weighted by molar-refractivity contribution is 0.666. The maximum atomic E-state index is 6.98. The number of rotatable bonds is 6. The summed E-state index contributed by atoms with van der Waals surface area (Å²) < 4.78 is 11.8. The minimum atomic E-state index is 0.574. The molecule has 0 N–H and O–H groups in total. The summed E-state index contributed by atoms with van der Waals surface area (Å²) in [4.78, 5) is 15.5. The zero-order chi connectivity index (χ0) is 41.4. The normalized spacial score (nSPS) is 11.8. The molecular formula is C57H35N5O. The van der Waals surface area contributed by atoms with Gasteiger partial charge in [-0.2, -0.15) is 0 Å². The Balaban J connectivity index is 1.07. The molecule has 0 saturated heterocycles. The Morgan fingerprint density at radius 2 is 0.873 bits per heavy atom. The van der Waals surface area contributed by atoms with Crippen molar-refractivity contribution in [2.75, 3.05) is 0 Å². The second-order valence-corrected chi connectivity index (χ2v) is 15.9. The van der Waals surface area contributed by atoms with Gasteiger partial charge in [0.25, 0.3) is 0 Å². The quantitative estimate of drug-likeness (QED) is 0.168. The van der Waals surface area contributed by atoms with E-state index in [1.165, 1.54) is 32.6 Å². The highest BCUT2D eigenvalue weighted by Gasteiger charge is 2.25. The summed E-state index contributed by atoms with van der Waals surface area (Å²) in [6.45, 7) is 0. The molecule has 0 aliphatic rings. The largest absolute Gasteiger partial charge is 0.454 e. The van der Waals surface area contributed by atoms with Crippen LogP contribution in [-0.4, -0.2) is 24.1 Å². The molecule has 294 valence electrons. The predicted molar refractivity (Wildman–Crippen MR) is 258 cm³/mol. The van der Waals surface area contributed by atoms with Gasteiger partial charge in [-0.1, -0.05) is 164 Å². The summed E-state index contributed by atoms with van der Waals surface area (Å²) in [5.41, 5.74) is 13.1. The van der Waals surface area contributed by atoms with Crippen molar-refractivity contribution in [1.29, 1.82) is 0 Å². The predicted octanol–water partition coefficient (Wildman–Crippen LogP) is 14.6. The Hall–Kier alpha value is -8.61. The molecule has 9 aromatic carbocycles. The fraction of sp³-hybridized carbons (Fsp3) is 0. The molecule has 0 saturated carbocycles. The van der Waals surface area contributed by atoms with Gasteiger partial charge in [0.15, 0.2) is 23.1 Å². The van der Waals surface area contributed by atoms with Crippen LogP contribution in [0.3, 0.4) is 0 Å². The molecule has 0 radical (unpaired) electrons. The first-order chi connectivity index (χ1) is 31.3. The lowest BCUT2D eigenvalue weighted by Gasteiger charge is -2.13. The molecule has 13 rings (SSSR count). The van der Waals surface area contributed by atoms with Crippen molar-refractivity contribution in [1.82, 2.24) is 24.1 Å². The van der Waals surface area contributed by atoms with Gasteiger partial charge in [0.2, 0.25) is 0 Å². The average Bonchev–Trinajstić information content (AvgIpc) is 4.03. The molecule has 13 aromatic rings. The molecule has 6 heteroatoms. The third-order valence-corrected chi connectivity index (χ3v) is 12.4. The molecule has 6 nitrogen and oxygen atoms in total. The topological polar surface area (TPSA) is 61.7 Å². The van der Waals surface area contributed by atoms with E-state index < -0.39 is 0 Å². The monoisotopic (exact) mass is 805 g/mol. The van der Waals surface area contributed by atoms with E-state index in [0.717, 1.165) is 72.2 Å². The summed E-state index contributed by atoms with van der Waals surface area (Å²) >= 11 is 0. The number of hydrogen-bond acceptors (Lipinski definition) is 4. The molecule has 0 aliphatic carbocycles. The molecule has 0 fully saturated rings. The second-order valence-electron chi connectivity index (χ2n) is 15.9. The average molecular weight is 806 g/mol. The van der Waals surface area contributed by atoms with Crippen LogP contribution in [0.1, 0.15) is 0 Å². The zero-order valence-electron chi connectivity index (χ0n) is 33.9. The Bertz CT molecular complexity index is 3890. The number of furan rings is 1. The SMILES string of the molecule is c1ccc(-c2ccc(-c3nc(-c4ccccc4)nc(-c4ccc(-n5c6ccccc6c6c5ccc5c7ccccc7n(-c7ccccc7)c56)c5oc6ccccc6c45)n3)cc2)cc1. The van der Waals surface area contributed by atoms with Crippen LogP contribution in [0, 0.1) is 0 Å². The van der Waals surface area contributed by atoms with Gasteiger partial charge in [-0.25, -0.2) is 15.0 Å². The van der Waals surface area contributed by atoms with Crippen LogP contribution in [-0.2, 0) is 0 Å². The minimum Gasteiger partial charge on any atom is -0.454 e. The highest BCUT2D eigenvalue weighted by Crippen LogP contribution is 2.45. The summed E-state index contributed by atoms with van der Waals surface area (Å²) in [7, 11) is 0. The van der Waals surface area contributed by atoms with Gasteiger partial charge in [0.05, 0.1) is 27.8 Å². The van der Waals surface area contributed by atoms with E-state index in [9.17, 15) is 0 Å². The minimum absolute atomic E-state index is 0.574. The maximum absolute atomic E-state index is 6.98. The van der Waals surface area contributed by atoms with Crippen LogP contribution < -0.4 is 0 Å². The zero-order valence-corrected chi connectivity index (χ0v) is 33.9.